The number of nitrogens with one attached hydrogen (secondary N) is 1. The standard InChI is InChI=1S/C13H23N3O2S2/c1-6-10-15-12(20-16-10)19-9(3)8-13(4,14-5)11(17)18-7-2/h9,14H,6-8H2,1-5H3. The zero-order valence-electron chi connectivity index (χ0n) is 12.7. The van der Waals surface area contributed by atoms with E-state index in [0.717, 1.165) is 16.6 Å². The lowest BCUT2D eigenvalue weighted by molar-refractivity contribution is -0.150. The molecule has 0 saturated heterocycles. The van der Waals surface area contributed by atoms with Crippen LogP contribution in [0.2, 0.25) is 0 Å². The average Bonchev–Trinajstić information content (AvgIpc) is 2.86. The van der Waals surface area contributed by atoms with Gasteiger partial charge in [0.25, 0.3) is 0 Å². The molecule has 2 unspecified atom stereocenters. The predicted molar refractivity (Wildman–Crippen MR) is 83.3 cm³/mol. The Hall–Kier alpha value is -0.660. The van der Waals surface area contributed by atoms with Crippen molar-refractivity contribution < 1.29 is 9.53 Å². The summed E-state index contributed by atoms with van der Waals surface area (Å²) in [5.74, 6) is 0.674. The average molecular weight is 317 g/mol. The van der Waals surface area contributed by atoms with Gasteiger partial charge in [-0.1, -0.05) is 25.6 Å². The first-order valence-corrected chi connectivity index (χ1v) is 8.45. The summed E-state index contributed by atoms with van der Waals surface area (Å²) in [7, 11) is 1.79. The van der Waals surface area contributed by atoms with Gasteiger partial charge in [-0.3, -0.25) is 4.79 Å². The van der Waals surface area contributed by atoms with Crippen molar-refractivity contribution in [1.82, 2.24) is 14.7 Å². The molecule has 5 nitrogen and oxygen atoms in total. The van der Waals surface area contributed by atoms with E-state index in [9.17, 15) is 4.79 Å². The number of esters is 1. The number of hydrogen-bond donors (Lipinski definition) is 1. The predicted octanol–water partition coefficient (Wildman–Crippen LogP) is 2.51. The number of hydrogen-bond acceptors (Lipinski definition) is 7. The molecule has 20 heavy (non-hydrogen) atoms. The number of nitrogens with zero attached hydrogens (tertiary/aromatic N) is 2. The van der Waals surface area contributed by atoms with Crippen molar-refractivity contribution in [1.29, 1.82) is 0 Å². The third-order valence-corrected chi connectivity index (χ3v) is 4.96. The van der Waals surface area contributed by atoms with Gasteiger partial charge < -0.3 is 10.1 Å². The van der Waals surface area contributed by atoms with Crippen LogP contribution in [0.25, 0.3) is 0 Å². The molecule has 1 aromatic heterocycles. The first-order valence-electron chi connectivity index (χ1n) is 6.80. The maximum Gasteiger partial charge on any atom is 0.326 e. The fraction of sp³-hybridized carbons (Fsp3) is 0.769. The second-order valence-corrected chi connectivity index (χ2v) is 7.20. The molecule has 1 aromatic rings. The van der Waals surface area contributed by atoms with Crippen molar-refractivity contribution in [2.24, 2.45) is 0 Å². The first kappa shape index (κ1) is 17.4. The molecule has 0 aliphatic heterocycles. The summed E-state index contributed by atoms with van der Waals surface area (Å²) in [6.07, 6.45) is 1.52. The van der Waals surface area contributed by atoms with Gasteiger partial charge in [-0.25, -0.2) is 4.98 Å². The van der Waals surface area contributed by atoms with Crippen LogP contribution in [0, 0.1) is 0 Å². The fourth-order valence-electron chi connectivity index (χ4n) is 1.80. The van der Waals surface area contributed by atoms with Crippen LogP contribution in [-0.2, 0) is 16.0 Å². The van der Waals surface area contributed by atoms with Gasteiger partial charge in [-0.05, 0) is 38.8 Å². The summed E-state index contributed by atoms with van der Waals surface area (Å²) in [6.45, 7) is 8.22. The van der Waals surface area contributed by atoms with Gasteiger partial charge in [0.15, 0.2) is 4.34 Å². The molecule has 0 aliphatic carbocycles. The third kappa shape index (κ3) is 4.71. The number of carbonyl (C=O) groups is 1. The SMILES string of the molecule is CCOC(=O)C(C)(CC(C)Sc1nc(CC)ns1)NC. The minimum atomic E-state index is -0.666. The molecule has 0 fully saturated rings. The van der Waals surface area contributed by atoms with E-state index in [1.807, 2.05) is 20.8 Å². The van der Waals surface area contributed by atoms with Crippen molar-refractivity contribution in [2.45, 2.75) is 55.7 Å². The highest BCUT2D eigenvalue weighted by molar-refractivity contribution is 8.01. The lowest BCUT2D eigenvalue weighted by atomic mass is 9.96. The van der Waals surface area contributed by atoms with Crippen LogP contribution in [0.5, 0.6) is 0 Å². The Morgan fingerprint density at radius 1 is 1.55 bits per heavy atom. The minimum absolute atomic E-state index is 0.207. The van der Waals surface area contributed by atoms with Gasteiger partial charge >= 0.3 is 5.97 Å². The van der Waals surface area contributed by atoms with Crippen LogP contribution in [0.1, 0.15) is 39.9 Å². The topological polar surface area (TPSA) is 64.1 Å². The van der Waals surface area contributed by atoms with Crippen LogP contribution in [0.3, 0.4) is 0 Å². The highest BCUT2D eigenvalue weighted by Crippen LogP contribution is 2.30. The molecule has 0 saturated carbocycles. The molecule has 0 aromatic carbocycles. The van der Waals surface area contributed by atoms with Crippen LogP contribution < -0.4 is 5.32 Å². The van der Waals surface area contributed by atoms with Gasteiger partial charge in [0.2, 0.25) is 0 Å². The molecule has 0 spiro atoms. The van der Waals surface area contributed by atoms with Gasteiger partial charge in [0.1, 0.15) is 11.4 Å². The van der Waals surface area contributed by atoms with Crippen molar-refractivity contribution in [3.05, 3.63) is 5.82 Å². The third-order valence-electron chi connectivity index (χ3n) is 3.04. The van der Waals surface area contributed by atoms with Crippen molar-refractivity contribution >= 4 is 29.3 Å². The largest absolute Gasteiger partial charge is 0.465 e. The van der Waals surface area contributed by atoms with Gasteiger partial charge in [-0.15, -0.1) is 0 Å². The number of aryl methyl sites for hydroxylation is 1. The summed E-state index contributed by atoms with van der Waals surface area (Å²) < 4.78 is 10.4. The van der Waals surface area contributed by atoms with Crippen LogP contribution in [-0.4, -0.2) is 39.8 Å². The van der Waals surface area contributed by atoms with E-state index in [0.29, 0.717) is 13.0 Å². The van der Waals surface area contributed by atoms with E-state index in [4.69, 9.17) is 4.74 Å². The Balaban J connectivity index is 2.62. The van der Waals surface area contributed by atoms with Crippen LogP contribution in [0.15, 0.2) is 4.34 Å². The molecule has 0 aliphatic rings. The molecular weight excluding hydrogens is 294 g/mol. The van der Waals surface area contributed by atoms with Crippen LogP contribution in [0.4, 0.5) is 0 Å². The zero-order chi connectivity index (χ0) is 15.2. The Bertz CT molecular complexity index is 439. The smallest absolute Gasteiger partial charge is 0.326 e. The molecule has 1 heterocycles. The van der Waals surface area contributed by atoms with E-state index in [2.05, 4.69) is 21.6 Å². The van der Waals surface area contributed by atoms with E-state index >= 15 is 0 Å². The normalized spacial score (nSPS) is 15.7. The first-order chi connectivity index (χ1) is 9.45. The number of carbonyl (C=O) groups excluding carboxylic acids is 1. The summed E-state index contributed by atoms with van der Waals surface area (Å²) in [4.78, 5) is 16.5. The number of ether oxygens (including phenoxy) is 1. The second-order valence-electron chi connectivity index (χ2n) is 4.77. The van der Waals surface area contributed by atoms with Crippen molar-refractivity contribution in [3.8, 4) is 0 Å². The number of thioether (sulfide) groups is 1. The lowest BCUT2D eigenvalue weighted by Crippen LogP contribution is -2.50. The molecule has 2 atom stereocenters. The van der Waals surface area contributed by atoms with E-state index in [-0.39, 0.29) is 11.2 Å². The summed E-state index contributed by atoms with van der Waals surface area (Å²) >= 11 is 3.07. The second kappa shape index (κ2) is 7.95. The van der Waals surface area contributed by atoms with Crippen molar-refractivity contribution in [2.75, 3.05) is 13.7 Å². The summed E-state index contributed by atoms with van der Waals surface area (Å²) in [5.41, 5.74) is -0.666. The lowest BCUT2D eigenvalue weighted by Gasteiger charge is -2.28. The molecule has 0 amide bonds. The van der Waals surface area contributed by atoms with Gasteiger partial charge in [0, 0.05) is 11.7 Å². The molecule has 0 radical (unpaired) electrons. The monoisotopic (exact) mass is 317 g/mol. The van der Waals surface area contributed by atoms with Gasteiger partial charge in [-0.2, -0.15) is 4.37 Å². The number of rotatable bonds is 8. The van der Waals surface area contributed by atoms with Crippen LogP contribution >= 0.6 is 23.3 Å². The minimum Gasteiger partial charge on any atom is -0.465 e. The highest BCUT2D eigenvalue weighted by Gasteiger charge is 2.35. The zero-order valence-corrected chi connectivity index (χ0v) is 14.4. The van der Waals surface area contributed by atoms with Crippen molar-refractivity contribution in [3.63, 3.8) is 0 Å². The Kier molecular flexibility index (Phi) is 6.91. The summed E-state index contributed by atoms with van der Waals surface area (Å²) in [5, 5.41) is 3.32. The Morgan fingerprint density at radius 3 is 2.75 bits per heavy atom. The Morgan fingerprint density at radius 2 is 2.25 bits per heavy atom. The van der Waals surface area contributed by atoms with E-state index in [1.165, 1.54) is 11.5 Å². The highest BCUT2D eigenvalue weighted by atomic mass is 32.2. The molecule has 1 rings (SSSR count). The van der Waals surface area contributed by atoms with E-state index < -0.39 is 5.54 Å². The summed E-state index contributed by atoms with van der Waals surface area (Å²) in [6, 6.07) is 0. The molecule has 1 N–H and O–H groups in total. The molecule has 0 bridgehead atoms. The quantitative estimate of drug-likeness (QED) is 0.587. The molecule has 114 valence electrons. The molecular formula is C13H23N3O2S2. The Labute approximate surface area is 129 Å². The number of aromatic nitrogens is 2. The number of likely N-dealkylation sites (N-methyl/N-ethyl adjacent to an activating group) is 1. The van der Waals surface area contributed by atoms with Gasteiger partial charge in [0.05, 0.1) is 6.61 Å². The van der Waals surface area contributed by atoms with E-state index in [1.54, 1.807) is 18.8 Å². The molecule has 7 heteroatoms. The fourth-order valence-corrected chi connectivity index (χ4v) is 3.99. The maximum atomic E-state index is 12.0. The maximum absolute atomic E-state index is 12.0.